The van der Waals surface area contributed by atoms with Crippen LogP contribution in [-0.2, 0) is 4.79 Å². The summed E-state index contributed by atoms with van der Waals surface area (Å²) in [5.41, 5.74) is 1.86. The minimum Gasteiger partial charge on any atom is -0.372 e. The van der Waals surface area contributed by atoms with Crippen LogP contribution >= 0.6 is 0 Å². The van der Waals surface area contributed by atoms with Gasteiger partial charge in [-0.1, -0.05) is 13.8 Å². The summed E-state index contributed by atoms with van der Waals surface area (Å²) < 4.78 is 0. The van der Waals surface area contributed by atoms with Gasteiger partial charge in [0.1, 0.15) is 0 Å². The Labute approximate surface area is 157 Å². The molecule has 2 amide bonds. The van der Waals surface area contributed by atoms with Gasteiger partial charge in [0, 0.05) is 42.8 Å². The minimum absolute atomic E-state index is 0.0854. The van der Waals surface area contributed by atoms with E-state index in [0.717, 1.165) is 31.6 Å². The van der Waals surface area contributed by atoms with Crippen LogP contribution in [-0.4, -0.2) is 37.5 Å². The fourth-order valence-corrected chi connectivity index (χ4v) is 3.51. The molecule has 0 bridgehead atoms. The van der Waals surface area contributed by atoms with Gasteiger partial charge < -0.3 is 15.5 Å². The third-order valence-corrected chi connectivity index (χ3v) is 5.55. The Hall–Kier alpha value is -2.04. The number of amides is 2. The van der Waals surface area contributed by atoms with E-state index in [1.165, 1.54) is 0 Å². The molecule has 0 aromatic heterocycles. The minimum atomic E-state index is -0.110. The van der Waals surface area contributed by atoms with Crippen molar-refractivity contribution in [2.75, 3.05) is 24.5 Å². The molecule has 1 fully saturated rings. The van der Waals surface area contributed by atoms with E-state index in [9.17, 15) is 9.59 Å². The lowest BCUT2D eigenvalue weighted by atomic mass is 9.62. The normalized spacial score (nSPS) is 19.2. The van der Waals surface area contributed by atoms with Crippen molar-refractivity contribution in [2.45, 2.75) is 53.5 Å². The van der Waals surface area contributed by atoms with Crippen LogP contribution in [0.15, 0.2) is 24.3 Å². The molecule has 1 aliphatic carbocycles. The van der Waals surface area contributed by atoms with E-state index in [2.05, 4.69) is 43.2 Å². The summed E-state index contributed by atoms with van der Waals surface area (Å²) in [5, 5.41) is 5.93. The molecule has 0 aliphatic heterocycles. The molecule has 1 saturated carbocycles. The second-order valence-corrected chi connectivity index (χ2v) is 7.92. The summed E-state index contributed by atoms with van der Waals surface area (Å²) in [6.07, 6.45) is 2.05. The van der Waals surface area contributed by atoms with Crippen LogP contribution in [0.25, 0.3) is 0 Å². The van der Waals surface area contributed by atoms with Crippen LogP contribution < -0.4 is 15.5 Å². The average molecular weight is 360 g/mol. The van der Waals surface area contributed by atoms with Gasteiger partial charge in [-0.15, -0.1) is 0 Å². The van der Waals surface area contributed by atoms with Crippen molar-refractivity contribution < 1.29 is 9.59 Å². The Balaban J connectivity index is 1.81. The van der Waals surface area contributed by atoms with Crippen molar-refractivity contribution in [1.29, 1.82) is 0 Å². The van der Waals surface area contributed by atoms with E-state index in [4.69, 9.17) is 0 Å². The van der Waals surface area contributed by atoms with Gasteiger partial charge >= 0.3 is 0 Å². The van der Waals surface area contributed by atoms with Crippen LogP contribution in [0.4, 0.5) is 5.69 Å². The number of nitrogens with zero attached hydrogens (tertiary/aromatic N) is 1. The highest BCUT2D eigenvalue weighted by Gasteiger charge is 2.43. The number of nitrogens with one attached hydrogen (secondary N) is 2. The molecule has 26 heavy (non-hydrogen) atoms. The largest absolute Gasteiger partial charge is 0.372 e. The highest BCUT2D eigenvalue weighted by atomic mass is 16.2. The Morgan fingerprint density at radius 3 is 2.27 bits per heavy atom. The van der Waals surface area contributed by atoms with Gasteiger partial charge in [0.25, 0.3) is 5.91 Å². The molecule has 2 N–H and O–H groups in total. The quantitative estimate of drug-likeness (QED) is 0.749. The topological polar surface area (TPSA) is 61.4 Å². The van der Waals surface area contributed by atoms with E-state index in [-0.39, 0.29) is 29.2 Å². The first-order valence-corrected chi connectivity index (χ1v) is 9.72. The van der Waals surface area contributed by atoms with E-state index >= 15 is 0 Å². The molecule has 1 aliphatic rings. The predicted octanol–water partition coefficient (Wildman–Crippen LogP) is 3.20. The molecule has 0 saturated heterocycles. The summed E-state index contributed by atoms with van der Waals surface area (Å²) in [6, 6.07) is 7.57. The zero-order valence-electron chi connectivity index (χ0n) is 16.8. The van der Waals surface area contributed by atoms with Crippen molar-refractivity contribution in [3.05, 3.63) is 29.8 Å². The molecule has 1 aromatic carbocycles. The van der Waals surface area contributed by atoms with Gasteiger partial charge in [0.15, 0.2) is 0 Å². The van der Waals surface area contributed by atoms with Gasteiger partial charge in [-0.2, -0.15) is 0 Å². The third kappa shape index (κ3) is 4.77. The summed E-state index contributed by atoms with van der Waals surface area (Å²) >= 11 is 0. The van der Waals surface area contributed by atoms with Crippen LogP contribution in [0.5, 0.6) is 0 Å². The van der Waals surface area contributed by atoms with Crippen LogP contribution in [0.2, 0.25) is 0 Å². The lowest BCUT2D eigenvalue weighted by Gasteiger charge is -2.43. The molecule has 0 spiro atoms. The van der Waals surface area contributed by atoms with Gasteiger partial charge in [-0.25, -0.2) is 0 Å². The maximum Gasteiger partial charge on any atom is 0.251 e. The number of carbonyl (C=O) groups is 2. The second-order valence-electron chi connectivity index (χ2n) is 7.92. The molecule has 5 nitrogen and oxygen atoms in total. The Kier molecular flexibility index (Phi) is 6.68. The van der Waals surface area contributed by atoms with Gasteiger partial charge in [-0.3, -0.25) is 9.59 Å². The van der Waals surface area contributed by atoms with E-state index in [0.29, 0.717) is 12.1 Å². The standard InChI is InChI=1S/C21H33N3O2/c1-6-24(7-2)17-10-8-16(9-11-17)19(25)22-14-15(3)23-20(26)18-12-13-21(18,4)5/h8-11,15,18H,6-7,12-14H2,1-5H3,(H,22,25)(H,23,26). The summed E-state index contributed by atoms with van der Waals surface area (Å²) in [7, 11) is 0. The monoisotopic (exact) mass is 359 g/mol. The van der Waals surface area contributed by atoms with Crippen LogP contribution in [0, 0.1) is 11.3 Å². The van der Waals surface area contributed by atoms with E-state index in [1.54, 1.807) is 0 Å². The molecular formula is C21H33N3O2. The maximum absolute atomic E-state index is 12.3. The highest BCUT2D eigenvalue weighted by molar-refractivity contribution is 5.94. The average Bonchev–Trinajstić information content (AvgIpc) is 2.60. The van der Waals surface area contributed by atoms with Crippen molar-refractivity contribution in [1.82, 2.24) is 10.6 Å². The molecule has 5 heteroatoms. The van der Waals surface area contributed by atoms with Gasteiger partial charge in [-0.05, 0) is 63.3 Å². The van der Waals surface area contributed by atoms with Gasteiger partial charge in [0.05, 0.1) is 0 Å². The smallest absolute Gasteiger partial charge is 0.251 e. The van der Waals surface area contributed by atoms with Crippen LogP contribution in [0.1, 0.15) is 57.8 Å². The Morgan fingerprint density at radius 1 is 1.19 bits per heavy atom. The number of rotatable bonds is 8. The van der Waals surface area contributed by atoms with E-state index < -0.39 is 0 Å². The van der Waals surface area contributed by atoms with Crippen LogP contribution in [0.3, 0.4) is 0 Å². The molecule has 2 atom stereocenters. The lowest BCUT2D eigenvalue weighted by molar-refractivity contribution is -0.134. The molecule has 2 unspecified atom stereocenters. The molecule has 1 aromatic rings. The summed E-state index contributed by atoms with van der Waals surface area (Å²) in [5.74, 6) is 0.0843. The number of anilines is 1. The first-order chi connectivity index (χ1) is 12.3. The van der Waals surface area contributed by atoms with Crippen molar-refractivity contribution in [2.24, 2.45) is 11.3 Å². The van der Waals surface area contributed by atoms with Crippen molar-refractivity contribution >= 4 is 17.5 Å². The highest BCUT2D eigenvalue weighted by Crippen LogP contribution is 2.45. The second kappa shape index (κ2) is 8.56. The first kappa shape index (κ1) is 20.3. The lowest BCUT2D eigenvalue weighted by Crippen LogP contribution is -2.50. The molecule has 2 rings (SSSR count). The molecular weight excluding hydrogens is 326 g/mol. The first-order valence-electron chi connectivity index (χ1n) is 9.72. The predicted molar refractivity (Wildman–Crippen MR) is 106 cm³/mol. The third-order valence-electron chi connectivity index (χ3n) is 5.55. The van der Waals surface area contributed by atoms with Crippen molar-refractivity contribution in [3.63, 3.8) is 0 Å². The number of benzene rings is 1. The zero-order chi connectivity index (χ0) is 19.3. The molecule has 144 valence electrons. The van der Waals surface area contributed by atoms with Gasteiger partial charge in [0.2, 0.25) is 5.91 Å². The number of hydrogen-bond acceptors (Lipinski definition) is 3. The van der Waals surface area contributed by atoms with E-state index in [1.807, 2.05) is 31.2 Å². The fraction of sp³-hybridized carbons (Fsp3) is 0.619. The zero-order valence-corrected chi connectivity index (χ0v) is 16.8. The number of hydrogen-bond donors (Lipinski definition) is 2. The Morgan fingerprint density at radius 2 is 1.81 bits per heavy atom. The molecule has 0 radical (unpaired) electrons. The molecule has 0 heterocycles. The summed E-state index contributed by atoms with van der Waals surface area (Å²) in [6.45, 7) is 12.7. The maximum atomic E-state index is 12.3. The number of carbonyl (C=O) groups excluding carboxylic acids is 2. The van der Waals surface area contributed by atoms with Crippen molar-refractivity contribution in [3.8, 4) is 0 Å². The Bertz CT molecular complexity index is 621. The fourth-order valence-electron chi connectivity index (χ4n) is 3.51. The SMILES string of the molecule is CCN(CC)c1ccc(C(=O)NCC(C)NC(=O)C2CCC2(C)C)cc1. The summed E-state index contributed by atoms with van der Waals surface area (Å²) in [4.78, 5) is 26.9.